The highest BCUT2D eigenvalue weighted by Gasteiger charge is 2.24. The van der Waals surface area contributed by atoms with E-state index in [1.54, 1.807) is 6.07 Å². The minimum Gasteiger partial charge on any atom is -0.350 e. The van der Waals surface area contributed by atoms with Crippen molar-refractivity contribution in [3.8, 4) is 0 Å². The summed E-state index contributed by atoms with van der Waals surface area (Å²) < 4.78 is 64.6. The van der Waals surface area contributed by atoms with Gasteiger partial charge in [-0.05, 0) is 18.2 Å². The van der Waals surface area contributed by atoms with Gasteiger partial charge >= 0.3 is 0 Å². The summed E-state index contributed by atoms with van der Waals surface area (Å²) in [5, 5.41) is 2.36. The second-order valence-corrected chi connectivity index (χ2v) is 7.14. The normalized spacial score (nSPS) is 11.2. The minimum atomic E-state index is -4.00. The molecule has 0 aliphatic carbocycles. The molecule has 0 saturated heterocycles. The van der Waals surface area contributed by atoms with E-state index < -0.39 is 45.6 Å². The SMILES string of the molecule is CS(=O)(=O)N(CC(=O)NCc1ccccc1F)c1ccc(F)cc1F. The summed E-state index contributed by atoms with van der Waals surface area (Å²) in [5.41, 5.74) is -0.236. The third-order valence-electron chi connectivity index (χ3n) is 3.30. The molecule has 25 heavy (non-hydrogen) atoms. The second-order valence-electron chi connectivity index (χ2n) is 5.23. The fraction of sp³-hybridized carbons (Fsp3) is 0.188. The van der Waals surface area contributed by atoms with Crippen molar-refractivity contribution in [1.29, 1.82) is 0 Å². The Hall–Kier alpha value is -2.55. The molecule has 0 saturated carbocycles. The summed E-state index contributed by atoms with van der Waals surface area (Å²) in [4.78, 5) is 12.0. The van der Waals surface area contributed by atoms with Gasteiger partial charge in [0.15, 0.2) is 0 Å². The van der Waals surface area contributed by atoms with Crippen LogP contribution in [0.1, 0.15) is 5.56 Å². The van der Waals surface area contributed by atoms with Gasteiger partial charge in [-0.25, -0.2) is 21.6 Å². The standard InChI is InChI=1S/C16H15F3N2O3S/c1-25(23,24)21(15-7-6-12(17)8-14(15)19)10-16(22)20-9-11-4-2-3-5-13(11)18/h2-8H,9-10H2,1H3,(H,20,22). The van der Waals surface area contributed by atoms with Crippen LogP contribution in [0.2, 0.25) is 0 Å². The van der Waals surface area contributed by atoms with Crippen molar-refractivity contribution < 1.29 is 26.4 Å². The molecule has 0 aromatic heterocycles. The number of hydrogen-bond donors (Lipinski definition) is 1. The maximum atomic E-state index is 13.9. The van der Waals surface area contributed by atoms with Crippen molar-refractivity contribution >= 4 is 21.6 Å². The van der Waals surface area contributed by atoms with E-state index in [0.717, 1.165) is 18.4 Å². The average Bonchev–Trinajstić information content (AvgIpc) is 2.51. The van der Waals surface area contributed by atoms with Gasteiger partial charge in [-0.3, -0.25) is 9.10 Å². The number of nitrogens with one attached hydrogen (secondary N) is 1. The lowest BCUT2D eigenvalue weighted by atomic mass is 10.2. The van der Waals surface area contributed by atoms with Gasteiger partial charge in [-0.15, -0.1) is 0 Å². The van der Waals surface area contributed by atoms with Crippen LogP contribution in [-0.4, -0.2) is 27.1 Å². The number of sulfonamides is 1. The molecule has 0 fully saturated rings. The van der Waals surface area contributed by atoms with Gasteiger partial charge in [0.2, 0.25) is 15.9 Å². The number of hydrogen-bond acceptors (Lipinski definition) is 3. The van der Waals surface area contributed by atoms with Crippen LogP contribution in [0.4, 0.5) is 18.9 Å². The zero-order chi connectivity index (χ0) is 18.6. The number of amides is 1. The van der Waals surface area contributed by atoms with E-state index in [1.807, 2.05) is 0 Å². The lowest BCUT2D eigenvalue weighted by molar-refractivity contribution is -0.119. The van der Waals surface area contributed by atoms with E-state index in [9.17, 15) is 26.4 Å². The molecule has 2 aromatic rings. The molecule has 5 nitrogen and oxygen atoms in total. The summed E-state index contributed by atoms with van der Waals surface area (Å²) >= 11 is 0. The van der Waals surface area contributed by atoms with Crippen LogP contribution < -0.4 is 9.62 Å². The first-order valence-corrected chi connectivity index (χ1v) is 8.96. The number of halogens is 3. The number of nitrogens with zero attached hydrogens (tertiary/aromatic N) is 1. The Kier molecular flexibility index (Phi) is 5.68. The van der Waals surface area contributed by atoms with Crippen LogP contribution in [0.25, 0.3) is 0 Å². The molecule has 0 aliphatic rings. The first-order valence-electron chi connectivity index (χ1n) is 7.11. The van der Waals surface area contributed by atoms with E-state index in [-0.39, 0.29) is 12.1 Å². The predicted octanol–water partition coefficient (Wildman–Crippen LogP) is 2.19. The molecule has 0 unspecified atom stereocenters. The molecule has 134 valence electrons. The number of rotatable bonds is 6. The van der Waals surface area contributed by atoms with Crippen molar-refractivity contribution in [3.63, 3.8) is 0 Å². The molecule has 2 rings (SSSR count). The largest absolute Gasteiger partial charge is 0.350 e. The van der Waals surface area contributed by atoms with Gasteiger partial charge in [0.1, 0.15) is 24.0 Å². The highest BCUT2D eigenvalue weighted by molar-refractivity contribution is 7.92. The fourth-order valence-electron chi connectivity index (χ4n) is 2.09. The van der Waals surface area contributed by atoms with Gasteiger partial charge < -0.3 is 5.32 Å². The van der Waals surface area contributed by atoms with Crippen LogP contribution in [0.5, 0.6) is 0 Å². The highest BCUT2D eigenvalue weighted by Crippen LogP contribution is 2.22. The lowest BCUT2D eigenvalue weighted by Crippen LogP contribution is -2.40. The summed E-state index contributed by atoms with van der Waals surface area (Å²) in [6.45, 7) is -0.884. The summed E-state index contributed by atoms with van der Waals surface area (Å²) in [7, 11) is -4.00. The zero-order valence-corrected chi connectivity index (χ0v) is 14.0. The maximum Gasteiger partial charge on any atom is 0.241 e. The molecule has 1 N–H and O–H groups in total. The monoisotopic (exact) mass is 372 g/mol. The molecule has 0 atom stereocenters. The Balaban J connectivity index is 2.15. The van der Waals surface area contributed by atoms with Crippen LogP contribution >= 0.6 is 0 Å². The molecule has 0 spiro atoms. The highest BCUT2D eigenvalue weighted by atomic mass is 32.2. The van der Waals surface area contributed by atoms with Crippen LogP contribution in [0, 0.1) is 17.5 Å². The topological polar surface area (TPSA) is 66.5 Å². The molecular formula is C16H15F3N2O3S. The van der Waals surface area contributed by atoms with Gasteiger partial charge in [0.05, 0.1) is 11.9 Å². The van der Waals surface area contributed by atoms with E-state index in [0.29, 0.717) is 10.4 Å². The first kappa shape index (κ1) is 18.8. The van der Waals surface area contributed by atoms with Gasteiger partial charge in [-0.2, -0.15) is 0 Å². The Morgan fingerprint density at radius 2 is 1.76 bits per heavy atom. The number of benzene rings is 2. The maximum absolute atomic E-state index is 13.9. The van der Waals surface area contributed by atoms with Gasteiger partial charge in [0.25, 0.3) is 0 Å². The Morgan fingerprint density at radius 1 is 1.08 bits per heavy atom. The average molecular weight is 372 g/mol. The minimum absolute atomic E-state index is 0.158. The molecule has 1 amide bonds. The third kappa shape index (κ3) is 4.96. The van der Waals surface area contributed by atoms with E-state index in [4.69, 9.17) is 0 Å². The molecule has 0 aliphatic heterocycles. The lowest BCUT2D eigenvalue weighted by Gasteiger charge is -2.22. The van der Waals surface area contributed by atoms with E-state index >= 15 is 0 Å². The first-order chi connectivity index (χ1) is 11.7. The van der Waals surface area contributed by atoms with Gasteiger partial charge in [0, 0.05) is 18.2 Å². The predicted molar refractivity (Wildman–Crippen MR) is 86.8 cm³/mol. The third-order valence-corrected chi connectivity index (χ3v) is 4.43. The number of carbonyl (C=O) groups excluding carboxylic acids is 1. The molecule has 2 aromatic carbocycles. The molecule has 0 bridgehead atoms. The zero-order valence-electron chi connectivity index (χ0n) is 13.2. The smallest absolute Gasteiger partial charge is 0.241 e. The number of anilines is 1. The van der Waals surface area contributed by atoms with Crippen molar-refractivity contribution in [3.05, 3.63) is 65.5 Å². The van der Waals surface area contributed by atoms with Crippen LogP contribution in [-0.2, 0) is 21.4 Å². The summed E-state index contributed by atoms with van der Waals surface area (Å²) in [6.07, 6.45) is 0.792. The fourth-order valence-corrected chi connectivity index (χ4v) is 2.94. The molecule has 0 radical (unpaired) electrons. The van der Waals surface area contributed by atoms with E-state index in [2.05, 4.69) is 5.32 Å². The Labute approximate surface area is 143 Å². The Bertz CT molecular complexity index is 888. The van der Waals surface area contributed by atoms with Crippen LogP contribution in [0.3, 0.4) is 0 Å². The van der Waals surface area contributed by atoms with Gasteiger partial charge in [-0.1, -0.05) is 18.2 Å². The van der Waals surface area contributed by atoms with Crippen molar-refractivity contribution in [2.24, 2.45) is 0 Å². The van der Waals surface area contributed by atoms with E-state index in [1.165, 1.54) is 18.2 Å². The second kappa shape index (κ2) is 7.56. The number of carbonyl (C=O) groups is 1. The van der Waals surface area contributed by atoms with Crippen molar-refractivity contribution in [1.82, 2.24) is 5.32 Å². The Morgan fingerprint density at radius 3 is 2.36 bits per heavy atom. The quantitative estimate of drug-likeness (QED) is 0.845. The van der Waals surface area contributed by atoms with Crippen molar-refractivity contribution in [2.45, 2.75) is 6.54 Å². The molecule has 0 heterocycles. The summed E-state index contributed by atoms with van der Waals surface area (Å²) in [5.74, 6) is -3.28. The molecular weight excluding hydrogens is 357 g/mol. The van der Waals surface area contributed by atoms with Crippen LogP contribution in [0.15, 0.2) is 42.5 Å². The van der Waals surface area contributed by atoms with Crippen molar-refractivity contribution in [2.75, 3.05) is 17.1 Å². The summed E-state index contributed by atoms with van der Waals surface area (Å²) in [6, 6.07) is 8.08. The molecule has 9 heteroatoms.